The molecule has 5 aromatic rings. The lowest BCUT2D eigenvalue weighted by atomic mass is 9.99. The summed E-state index contributed by atoms with van der Waals surface area (Å²) < 4.78 is 104. The highest BCUT2D eigenvalue weighted by Crippen LogP contribution is 2.43. The van der Waals surface area contributed by atoms with Gasteiger partial charge in [-0.2, -0.15) is 18.3 Å². The average molecular weight is 603 g/mol. The summed E-state index contributed by atoms with van der Waals surface area (Å²) in [6.07, 6.45) is -5.11. The minimum atomic E-state index is -4.68. The lowest BCUT2D eigenvalue weighted by Crippen LogP contribution is -2.25. The molecule has 6 rings (SSSR count). The summed E-state index contributed by atoms with van der Waals surface area (Å²) in [7, 11) is -3.52. The molecule has 3 aromatic carbocycles. The fraction of sp³-hybridized carbons (Fsp3) is 0.143. The van der Waals surface area contributed by atoms with Crippen molar-refractivity contribution in [3.63, 3.8) is 0 Å². The highest BCUT2D eigenvalue weighted by atomic mass is 32.2. The van der Waals surface area contributed by atoms with Crippen molar-refractivity contribution < 1.29 is 39.8 Å². The Balaban J connectivity index is 1.55. The zero-order chi connectivity index (χ0) is 30.0. The van der Waals surface area contributed by atoms with Crippen molar-refractivity contribution in [3.8, 4) is 45.3 Å². The molecule has 0 atom stereocenters. The molecule has 0 spiro atoms. The lowest BCUT2D eigenvalue weighted by Gasteiger charge is -2.16. The monoisotopic (exact) mass is 602 g/mol. The van der Waals surface area contributed by atoms with Crippen LogP contribution in [0.4, 0.5) is 22.0 Å². The molecule has 0 saturated carbocycles. The summed E-state index contributed by atoms with van der Waals surface area (Å²) in [5.41, 5.74) is 1.43. The van der Waals surface area contributed by atoms with Crippen LogP contribution >= 0.6 is 0 Å². The number of imidazole rings is 1. The third-order valence-electron chi connectivity index (χ3n) is 6.57. The van der Waals surface area contributed by atoms with Crippen LogP contribution in [0.15, 0.2) is 84.0 Å². The van der Waals surface area contributed by atoms with Gasteiger partial charge in [0, 0.05) is 24.1 Å². The van der Waals surface area contributed by atoms with E-state index < -0.39 is 28.0 Å². The molecule has 0 fully saturated rings. The summed E-state index contributed by atoms with van der Waals surface area (Å²) >= 11 is 0. The van der Waals surface area contributed by atoms with Crippen molar-refractivity contribution in [1.29, 1.82) is 0 Å². The topological polar surface area (TPSA) is 88.2 Å². The van der Waals surface area contributed by atoms with Crippen molar-refractivity contribution in [2.45, 2.75) is 24.3 Å². The van der Waals surface area contributed by atoms with Gasteiger partial charge in [-0.15, -0.1) is 8.78 Å². The van der Waals surface area contributed by atoms with Crippen LogP contribution in [0.3, 0.4) is 0 Å². The smallest absolute Gasteiger partial charge is 0.395 e. The third kappa shape index (κ3) is 4.98. The van der Waals surface area contributed by atoms with E-state index >= 15 is 0 Å². The third-order valence-corrected chi connectivity index (χ3v) is 7.68. The normalized spacial score (nSPS) is 14.4. The lowest BCUT2D eigenvalue weighted by molar-refractivity contribution is -0.286. The Morgan fingerprint density at radius 1 is 0.905 bits per heavy atom. The SMILES string of the molecule is Cc1nc(C(F)(F)F)cn1-c1ccc(-c2cccc(S(C)(=O)=O)c2)cc1-c1ccnn1-c1ccc2c(c1)OC(F)(F)O2. The first-order valence-corrected chi connectivity index (χ1v) is 14.1. The van der Waals surface area contributed by atoms with E-state index in [2.05, 4.69) is 19.6 Å². The fourth-order valence-corrected chi connectivity index (χ4v) is 5.34. The van der Waals surface area contributed by atoms with Gasteiger partial charge >= 0.3 is 12.5 Å². The maximum absolute atomic E-state index is 13.6. The van der Waals surface area contributed by atoms with Crippen LogP contribution < -0.4 is 9.47 Å². The largest absolute Gasteiger partial charge is 0.586 e. The van der Waals surface area contributed by atoms with E-state index in [0.29, 0.717) is 33.8 Å². The van der Waals surface area contributed by atoms with E-state index in [1.165, 1.54) is 52.7 Å². The van der Waals surface area contributed by atoms with Crippen molar-refractivity contribution in [2.75, 3.05) is 6.26 Å². The maximum atomic E-state index is 13.6. The van der Waals surface area contributed by atoms with Crippen LogP contribution in [-0.2, 0) is 16.0 Å². The molecule has 0 amide bonds. The number of aryl methyl sites for hydroxylation is 1. The van der Waals surface area contributed by atoms with Crippen LogP contribution in [0, 0.1) is 6.92 Å². The molecule has 0 unspecified atom stereocenters. The Hall–Kier alpha value is -4.72. The zero-order valence-electron chi connectivity index (χ0n) is 21.7. The Kier molecular flexibility index (Phi) is 6.15. The van der Waals surface area contributed by atoms with Crippen molar-refractivity contribution in [1.82, 2.24) is 19.3 Å². The van der Waals surface area contributed by atoms with Crippen LogP contribution in [0.2, 0.25) is 0 Å². The number of ether oxygens (including phenoxy) is 2. The molecule has 216 valence electrons. The van der Waals surface area contributed by atoms with Gasteiger partial charge in [0.05, 0.1) is 28.2 Å². The van der Waals surface area contributed by atoms with Crippen molar-refractivity contribution in [2.24, 2.45) is 0 Å². The molecule has 2 aromatic heterocycles. The number of benzene rings is 3. The summed E-state index contributed by atoms with van der Waals surface area (Å²) in [6, 6.07) is 16.8. The maximum Gasteiger partial charge on any atom is 0.586 e. The molecular formula is C28H19F5N4O4S. The Morgan fingerprint density at radius 3 is 2.36 bits per heavy atom. The van der Waals surface area contributed by atoms with E-state index in [1.807, 2.05) is 0 Å². The number of sulfone groups is 1. The second-order valence-electron chi connectivity index (χ2n) is 9.50. The molecule has 0 bridgehead atoms. The molecule has 3 heterocycles. The number of rotatable bonds is 5. The van der Waals surface area contributed by atoms with E-state index in [-0.39, 0.29) is 22.2 Å². The number of halogens is 5. The second-order valence-corrected chi connectivity index (χ2v) is 11.5. The number of fused-ring (bicyclic) bond motifs is 1. The molecule has 0 aliphatic carbocycles. The van der Waals surface area contributed by atoms with Crippen molar-refractivity contribution in [3.05, 3.63) is 90.6 Å². The molecule has 0 radical (unpaired) electrons. The molecule has 42 heavy (non-hydrogen) atoms. The molecule has 0 saturated heterocycles. The Morgan fingerprint density at radius 2 is 1.64 bits per heavy atom. The fourth-order valence-electron chi connectivity index (χ4n) is 4.67. The van der Waals surface area contributed by atoms with E-state index in [9.17, 15) is 30.4 Å². The van der Waals surface area contributed by atoms with E-state index in [0.717, 1.165) is 12.5 Å². The Labute approximate surface area is 235 Å². The number of hydrogen-bond acceptors (Lipinski definition) is 6. The molecule has 0 N–H and O–H groups in total. The summed E-state index contributed by atoms with van der Waals surface area (Å²) in [5, 5.41) is 4.32. The zero-order valence-corrected chi connectivity index (χ0v) is 22.5. The number of hydrogen-bond donors (Lipinski definition) is 0. The molecule has 14 heteroatoms. The van der Waals surface area contributed by atoms with Crippen LogP contribution in [0.1, 0.15) is 11.5 Å². The standard InChI is InChI=1S/C28H19F5N4O4S/c1-16-35-26(27(29,30)31)15-36(16)22-8-6-18(17-4-3-5-20(12-17)42(2,38)39)13-21(22)23-10-11-34-37(23)19-7-9-24-25(14-19)41-28(32,33)40-24/h3-15H,1-2H3. The number of aromatic nitrogens is 4. The highest BCUT2D eigenvalue weighted by Gasteiger charge is 2.43. The number of nitrogens with zero attached hydrogens (tertiary/aromatic N) is 4. The van der Waals surface area contributed by atoms with Gasteiger partial charge in [0.25, 0.3) is 0 Å². The van der Waals surface area contributed by atoms with Gasteiger partial charge in [-0.1, -0.05) is 18.2 Å². The van der Waals surface area contributed by atoms with Gasteiger partial charge < -0.3 is 14.0 Å². The number of alkyl halides is 5. The van der Waals surface area contributed by atoms with Crippen LogP contribution in [-0.4, -0.2) is 40.3 Å². The Bertz CT molecular complexity index is 1970. The quantitative estimate of drug-likeness (QED) is 0.215. The van der Waals surface area contributed by atoms with E-state index in [4.69, 9.17) is 0 Å². The van der Waals surface area contributed by atoms with Gasteiger partial charge in [-0.25, -0.2) is 18.1 Å². The predicted octanol–water partition coefficient (Wildman–Crippen LogP) is 6.44. The van der Waals surface area contributed by atoms with Gasteiger partial charge in [0.15, 0.2) is 27.0 Å². The van der Waals surface area contributed by atoms with Gasteiger partial charge in [-0.3, -0.25) is 0 Å². The molecule has 1 aliphatic rings. The van der Waals surface area contributed by atoms with Gasteiger partial charge in [0.2, 0.25) is 0 Å². The van der Waals surface area contributed by atoms with Gasteiger partial charge in [-0.05, 0) is 60.5 Å². The first-order chi connectivity index (χ1) is 19.7. The molecule has 8 nitrogen and oxygen atoms in total. The first kappa shape index (κ1) is 27.4. The summed E-state index contributed by atoms with van der Waals surface area (Å²) in [4.78, 5) is 3.77. The average Bonchev–Trinajstić information content (AvgIpc) is 3.63. The predicted molar refractivity (Wildman–Crippen MR) is 141 cm³/mol. The minimum absolute atomic E-state index is 0.0618. The molecule has 1 aliphatic heterocycles. The summed E-state index contributed by atoms with van der Waals surface area (Å²) in [6.45, 7) is 1.43. The second kappa shape index (κ2) is 9.41. The van der Waals surface area contributed by atoms with Gasteiger partial charge in [0.1, 0.15) is 5.82 Å². The molecular weight excluding hydrogens is 583 g/mol. The first-order valence-electron chi connectivity index (χ1n) is 12.2. The van der Waals surface area contributed by atoms with Crippen LogP contribution in [0.5, 0.6) is 11.5 Å². The van der Waals surface area contributed by atoms with E-state index in [1.54, 1.807) is 36.4 Å². The van der Waals surface area contributed by atoms with Crippen LogP contribution in [0.25, 0.3) is 33.8 Å². The summed E-state index contributed by atoms with van der Waals surface area (Å²) in [5.74, 6) is -0.322. The minimum Gasteiger partial charge on any atom is -0.395 e. The van der Waals surface area contributed by atoms with Crippen molar-refractivity contribution >= 4 is 9.84 Å². The highest BCUT2D eigenvalue weighted by molar-refractivity contribution is 7.90.